The number of rotatable bonds is 7. The number of hydrogen-bond acceptors (Lipinski definition) is 1. The molecule has 1 aromatic rings. The van der Waals surface area contributed by atoms with Gasteiger partial charge in [-0.05, 0) is 49.9 Å². The van der Waals surface area contributed by atoms with Gasteiger partial charge in [-0.15, -0.1) is 0 Å². The topological polar surface area (TPSA) is 12.0 Å². The summed E-state index contributed by atoms with van der Waals surface area (Å²) in [6.07, 6.45) is 3.18. The zero-order chi connectivity index (χ0) is 12.7. The molecule has 1 rings (SSSR count). The molecule has 0 aliphatic rings. The lowest BCUT2D eigenvalue weighted by atomic mass is 9.89. The second-order valence-corrected chi connectivity index (χ2v) is 4.97. The highest BCUT2D eigenvalue weighted by atomic mass is 19.1. The predicted molar refractivity (Wildman–Crippen MR) is 71.6 cm³/mol. The van der Waals surface area contributed by atoms with E-state index >= 15 is 0 Å². The van der Waals surface area contributed by atoms with Crippen molar-refractivity contribution >= 4 is 0 Å². The summed E-state index contributed by atoms with van der Waals surface area (Å²) in [6, 6.07) is 7.11. The summed E-state index contributed by atoms with van der Waals surface area (Å²) >= 11 is 0. The maximum absolute atomic E-state index is 13.6. The van der Waals surface area contributed by atoms with Crippen molar-refractivity contribution in [1.82, 2.24) is 5.32 Å². The minimum Gasteiger partial charge on any atom is -0.319 e. The first kappa shape index (κ1) is 14.2. The molecule has 0 spiro atoms. The van der Waals surface area contributed by atoms with Crippen LogP contribution in [0, 0.1) is 17.7 Å². The summed E-state index contributed by atoms with van der Waals surface area (Å²) in [7, 11) is 1.96. The molecule has 2 unspecified atom stereocenters. The summed E-state index contributed by atoms with van der Waals surface area (Å²) in [5.74, 6) is 1.16. The van der Waals surface area contributed by atoms with Crippen LogP contribution in [0.5, 0.6) is 0 Å². The van der Waals surface area contributed by atoms with Crippen molar-refractivity contribution in [1.29, 1.82) is 0 Å². The van der Waals surface area contributed by atoms with E-state index in [1.54, 1.807) is 12.1 Å². The van der Waals surface area contributed by atoms with Gasteiger partial charge >= 0.3 is 0 Å². The summed E-state index contributed by atoms with van der Waals surface area (Å²) < 4.78 is 13.6. The summed E-state index contributed by atoms with van der Waals surface area (Å²) in [6.45, 7) is 5.44. The van der Waals surface area contributed by atoms with Crippen molar-refractivity contribution in [2.45, 2.75) is 33.1 Å². The maximum Gasteiger partial charge on any atom is 0.126 e. The molecule has 0 aromatic heterocycles. The fourth-order valence-electron chi connectivity index (χ4n) is 2.24. The Morgan fingerprint density at radius 3 is 2.59 bits per heavy atom. The van der Waals surface area contributed by atoms with Gasteiger partial charge in [-0.2, -0.15) is 0 Å². The molecular formula is C15H24FN. The Morgan fingerprint density at radius 2 is 2.00 bits per heavy atom. The Balaban J connectivity index is 2.63. The van der Waals surface area contributed by atoms with E-state index in [2.05, 4.69) is 19.2 Å². The third-order valence-electron chi connectivity index (χ3n) is 3.39. The molecule has 0 aliphatic carbocycles. The van der Waals surface area contributed by atoms with Crippen LogP contribution >= 0.6 is 0 Å². The van der Waals surface area contributed by atoms with Crippen LogP contribution in [-0.2, 0) is 6.42 Å². The molecule has 0 amide bonds. The van der Waals surface area contributed by atoms with Gasteiger partial charge in [0.05, 0.1) is 0 Å². The van der Waals surface area contributed by atoms with Crippen molar-refractivity contribution in [3.05, 3.63) is 35.6 Å². The lowest BCUT2D eigenvalue weighted by Gasteiger charge is -2.20. The first-order valence-corrected chi connectivity index (χ1v) is 6.55. The van der Waals surface area contributed by atoms with Crippen LogP contribution in [0.2, 0.25) is 0 Å². The minimum atomic E-state index is -0.0715. The van der Waals surface area contributed by atoms with Crippen molar-refractivity contribution in [2.75, 3.05) is 13.6 Å². The monoisotopic (exact) mass is 237 g/mol. The number of nitrogens with one attached hydrogen (secondary N) is 1. The lowest BCUT2D eigenvalue weighted by Crippen LogP contribution is -2.23. The van der Waals surface area contributed by atoms with Gasteiger partial charge in [0.25, 0.3) is 0 Å². The van der Waals surface area contributed by atoms with E-state index in [4.69, 9.17) is 0 Å². The second-order valence-electron chi connectivity index (χ2n) is 4.97. The van der Waals surface area contributed by atoms with Gasteiger partial charge in [0.15, 0.2) is 0 Å². The quantitative estimate of drug-likeness (QED) is 0.763. The minimum absolute atomic E-state index is 0.0715. The molecule has 0 saturated carbocycles. The molecule has 96 valence electrons. The third-order valence-corrected chi connectivity index (χ3v) is 3.39. The molecule has 0 heterocycles. The fraction of sp³-hybridized carbons (Fsp3) is 0.600. The van der Waals surface area contributed by atoms with Crippen LogP contribution in [0.3, 0.4) is 0 Å². The molecule has 0 saturated heterocycles. The van der Waals surface area contributed by atoms with Crippen molar-refractivity contribution in [2.24, 2.45) is 11.8 Å². The lowest BCUT2D eigenvalue weighted by molar-refractivity contribution is 0.367. The molecule has 1 aromatic carbocycles. The number of benzene rings is 1. The Morgan fingerprint density at radius 1 is 1.29 bits per heavy atom. The molecule has 0 aliphatic heterocycles. The van der Waals surface area contributed by atoms with E-state index in [0.717, 1.165) is 24.9 Å². The standard InChI is InChI=1S/C15H24FN/c1-4-12(2)9-13(11-17-3)10-14-7-5-6-8-15(14)16/h5-8,12-13,17H,4,9-11H2,1-3H3. The van der Waals surface area contributed by atoms with Gasteiger partial charge in [-0.25, -0.2) is 4.39 Å². The normalized spacial score (nSPS) is 14.6. The van der Waals surface area contributed by atoms with Crippen LogP contribution < -0.4 is 5.32 Å². The fourth-order valence-corrected chi connectivity index (χ4v) is 2.24. The molecular weight excluding hydrogens is 213 g/mol. The predicted octanol–water partition coefficient (Wildman–Crippen LogP) is 3.64. The number of halogens is 1. The van der Waals surface area contributed by atoms with Crippen LogP contribution in [-0.4, -0.2) is 13.6 Å². The Kier molecular flexibility index (Phi) is 6.20. The van der Waals surface area contributed by atoms with Crippen LogP contribution in [0.4, 0.5) is 4.39 Å². The highest BCUT2D eigenvalue weighted by molar-refractivity contribution is 5.17. The average molecular weight is 237 g/mol. The largest absolute Gasteiger partial charge is 0.319 e. The Bertz CT molecular complexity index is 324. The van der Waals surface area contributed by atoms with Gasteiger partial charge < -0.3 is 5.32 Å². The number of hydrogen-bond donors (Lipinski definition) is 1. The van der Waals surface area contributed by atoms with E-state index in [1.165, 1.54) is 6.42 Å². The summed E-state index contributed by atoms with van der Waals surface area (Å²) in [5.41, 5.74) is 0.844. The van der Waals surface area contributed by atoms with E-state index in [1.807, 2.05) is 19.2 Å². The molecule has 2 heteroatoms. The van der Waals surface area contributed by atoms with Crippen LogP contribution in [0.15, 0.2) is 24.3 Å². The zero-order valence-corrected chi connectivity index (χ0v) is 11.2. The summed E-state index contributed by atoms with van der Waals surface area (Å²) in [5, 5.41) is 3.21. The molecule has 0 bridgehead atoms. The van der Waals surface area contributed by atoms with Crippen molar-refractivity contribution < 1.29 is 4.39 Å². The Hall–Kier alpha value is -0.890. The maximum atomic E-state index is 13.6. The van der Waals surface area contributed by atoms with E-state index in [0.29, 0.717) is 11.8 Å². The van der Waals surface area contributed by atoms with Crippen LogP contribution in [0.1, 0.15) is 32.3 Å². The van der Waals surface area contributed by atoms with E-state index in [9.17, 15) is 4.39 Å². The smallest absolute Gasteiger partial charge is 0.126 e. The average Bonchev–Trinajstić information content (AvgIpc) is 2.32. The third kappa shape index (κ3) is 4.86. The first-order chi connectivity index (χ1) is 8.17. The molecule has 2 atom stereocenters. The van der Waals surface area contributed by atoms with E-state index < -0.39 is 0 Å². The SMILES string of the molecule is CCC(C)CC(CNC)Cc1ccccc1F. The zero-order valence-electron chi connectivity index (χ0n) is 11.2. The molecule has 17 heavy (non-hydrogen) atoms. The van der Waals surface area contributed by atoms with Gasteiger partial charge in [-0.3, -0.25) is 0 Å². The molecule has 1 N–H and O–H groups in total. The van der Waals surface area contributed by atoms with Crippen molar-refractivity contribution in [3.8, 4) is 0 Å². The van der Waals surface area contributed by atoms with E-state index in [-0.39, 0.29) is 5.82 Å². The summed E-state index contributed by atoms with van der Waals surface area (Å²) in [4.78, 5) is 0. The highest BCUT2D eigenvalue weighted by Gasteiger charge is 2.14. The van der Waals surface area contributed by atoms with Gasteiger partial charge in [0, 0.05) is 0 Å². The molecule has 1 nitrogen and oxygen atoms in total. The van der Waals surface area contributed by atoms with Gasteiger partial charge in [-0.1, -0.05) is 38.5 Å². The van der Waals surface area contributed by atoms with Crippen LogP contribution in [0.25, 0.3) is 0 Å². The Labute approximate surface area is 104 Å². The molecule has 0 fully saturated rings. The van der Waals surface area contributed by atoms with Gasteiger partial charge in [0.2, 0.25) is 0 Å². The first-order valence-electron chi connectivity index (χ1n) is 6.55. The highest BCUT2D eigenvalue weighted by Crippen LogP contribution is 2.20. The second kappa shape index (κ2) is 7.44. The van der Waals surface area contributed by atoms with Gasteiger partial charge in [0.1, 0.15) is 5.82 Å². The van der Waals surface area contributed by atoms with Crippen molar-refractivity contribution in [3.63, 3.8) is 0 Å². The molecule has 0 radical (unpaired) electrons.